The molecule has 0 aliphatic heterocycles. The van der Waals surface area contributed by atoms with E-state index in [0.29, 0.717) is 23.7 Å². The minimum atomic E-state index is 0.371. The van der Waals surface area contributed by atoms with Crippen LogP contribution in [-0.4, -0.2) is 28.6 Å². The average molecular weight is 282 g/mol. The first-order valence-electron chi connectivity index (χ1n) is 5.59. The predicted molar refractivity (Wildman–Crippen MR) is 73.6 cm³/mol. The van der Waals surface area contributed by atoms with Crippen LogP contribution in [0.1, 0.15) is 13.3 Å². The summed E-state index contributed by atoms with van der Waals surface area (Å²) in [7, 11) is 1.78. The van der Waals surface area contributed by atoms with Gasteiger partial charge in [0.15, 0.2) is 0 Å². The summed E-state index contributed by atoms with van der Waals surface area (Å²) >= 11 is 3.16. The van der Waals surface area contributed by atoms with Crippen molar-refractivity contribution in [2.24, 2.45) is 0 Å². The van der Waals surface area contributed by atoms with Gasteiger partial charge in [-0.05, 0) is 29.6 Å². The molecule has 0 saturated heterocycles. The van der Waals surface area contributed by atoms with Crippen LogP contribution in [0.4, 0.5) is 5.95 Å². The molecule has 0 spiro atoms. The fourth-order valence-corrected chi connectivity index (χ4v) is 2.78. The summed E-state index contributed by atoms with van der Waals surface area (Å²) in [6.07, 6.45) is 0.925. The van der Waals surface area contributed by atoms with Gasteiger partial charge >= 0.3 is 6.01 Å². The fourth-order valence-electron chi connectivity index (χ4n) is 1.16. The van der Waals surface area contributed by atoms with Gasteiger partial charge in [-0.1, -0.05) is 13.0 Å². The zero-order chi connectivity index (χ0) is 12.8. The van der Waals surface area contributed by atoms with Crippen LogP contribution < -0.4 is 10.1 Å². The van der Waals surface area contributed by atoms with Crippen molar-refractivity contribution < 1.29 is 4.74 Å². The lowest BCUT2D eigenvalue weighted by molar-refractivity contribution is 0.288. The molecule has 0 aromatic carbocycles. The van der Waals surface area contributed by atoms with Gasteiger partial charge in [0.25, 0.3) is 0 Å². The third kappa shape index (κ3) is 3.58. The molecule has 2 aromatic heterocycles. The minimum absolute atomic E-state index is 0.371. The van der Waals surface area contributed by atoms with E-state index in [-0.39, 0.29) is 0 Å². The molecule has 0 aliphatic carbocycles. The first-order chi connectivity index (χ1) is 8.81. The van der Waals surface area contributed by atoms with Gasteiger partial charge in [-0.2, -0.15) is 15.0 Å². The highest BCUT2D eigenvalue weighted by Gasteiger charge is 2.08. The number of anilines is 1. The number of rotatable bonds is 6. The maximum Gasteiger partial charge on any atom is 0.322 e. The van der Waals surface area contributed by atoms with E-state index in [0.717, 1.165) is 10.6 Å². The van der Waals surface area contributed by atoms with E-state index in [4.69, 9.17) is 4.74 Å². The third-order valence-electron chi connectivity index (χ3n) is 1.94. The molecule has 0 bridgehead atoms. The van der Waals surface area contributed by atoms with E-state index in [2.05, 4.69) is 20.3 Å². The second-order valence-corrected chi connectivity index (χ2v) is 5.57. The maximum atomic E-state index is 5.45. The lowest BCUT2D eigenvalue weighted by Gasteiger charge is -2.06. The SMILES string of the molecule is CCCOc1nc(NC)nc(Sc2cccs2)n1. The van der Waals surface area contributed by atoms with E-state index in [1.807, 2.05) is 24.4 Å². The highest BCUT2D eigenvalue weighted by Crippen LogP contribution is 2.29. The van der Waals surface area contributed by atoms with Crippen molar-refractivity contribution in [2.75, 3.05) is 19.0 Å². The molecular formula is C11H14N4OS2. The molecule has 0 saturated carbocycles. The Bertz CT molecular complexity index is 490. The first-order valence-corrected chi connectivity index (χ1v) is 7.29. The smallest absolute Gasteiger partial charge is 0.322 e. The molecule has 0 atom stereocenters. The topological polar surface area (TPSA) is 59.9 Å². The number of nitrogens with zero attached hydrogens (tertiary/aromatic N) is 3. The van der Waals surface area contributed by atoms with E-state index in [1.54, 1.807) is 18.4 Å². The van der Waals surface area contributed by atoms with Crippen LogP contribution in [0, 0.1) is 0 Å². The maximum absolute atomic E-state index is 5.45. The van der Waals surface area contributed by atoms with Gasteiger partial charge in [-0.15, -0.1) is 11.3 Å². The van der Waals surface area contributed by atoms with Crippen molar-refractivity contribution in [3.8, 4) is 6.01 Å². The van der Waals surface area contributed by atoms with Crippen LogP contribution in [0.15, 0.2) is 26.9 Å². The quantitative estimate of drug-likeness (QED) is 0.879. The Kier molecular flexibility index (Phi) is 4.77. The van der Waals surface area contributed by atoms with Crippen LogP contribution in [-0.2, 0) is 0 Å². The third-order valence-corrected chi connectivity index (χ3v) is 3.84. The molecule has 0 radical (unpaired) electrons. The Labute approximate surface area is 114 Å². The van der Waals surface area contributed by atoms with Gasteiger partial charge in [0.2, 0.25) is 11.1 Å². The first kappa shape index (κ1) is 13.1. The Morgan fingerprint density at radius 3 is 2.94 bits per heavy atom. The van der Waals surface area contributed by atoms with Crippen LogP contribution in [0.5, 0.6) is 6.01 Å². The molecule has 0 amide bonds. The highest BCUT2D eigenvalue weighted by molar-refractivity contribution is 8.01. The summed E-state index contributed by atoms with van der Waals surface area (Å²) in [6.45, 7) is 2.65. The monoisotopic (exact) mass is 282 g/mol. The Morgan fingerprint density at radius 2 is 2.28 bits per heavy atom. The Hall–Kier alpha value is -1.34. The van der Waals surface area contributed by atoms with E-state index in [1.165, 1.54) is 11.8 Å². The molecule has 2 heterocycles. The largest absolute Gasteiger partial charge is 0.463 e. The normalized spacial score (nSPS) is 10.3. The standard InChI is InChI=1S/C11H14N4OS2/c1-3-6-16-10-13-9(12-2)14-11(15-10)18-8-5-4-7-17-8/h4-5,7H,3,6H2,1-2H3,(H,12,13,14,15). The summed E-state index contributed by atoms with van der Waals surface area (Å²) < 4.78 is 6.59. The summed E-state index contributed by atoms with van der Waals surface area (Å²) in [4.78, 5) is 12.7. The number of aromatic nitrogens is 3. The van der Waals surface area contributed by atoms with Gasteiger partial charge in [0.1, 0.15) is 0 Å². The summed E-state index contributed by atoms with van der Waals surface area (Å²) in [6, 6.07) is 4.40. The van der Waals surface area contributed by atoms with Gasteiger partial charge in [-0.3, -0.25) is 0 Å². The molecule has 2 aromatic rings. The van der Waals surface area contributed by atoms with Crippen molar-refractivity contribution in [1.82, 2.24) is 15.0 Å². The van der Waals surface area contributed by atoms with Crippen molar-refractivity contribution in [3.63, 3.8) is 0 Å². The number of hydrogen-bond acceptors (Lipinski definition) is 7. The predicted octanol–water partition coefficient (Wildman–Crippen LogP) is 2.91. The minimum Gasteiger partial charge on any atom is -0.463 e. The Morgan fingerprint density at radius 1 is 1.39 bits per heavy atom. The van der Waals surface area contributed by atoms with E-state index < -0.39 is 0 Å². The van der Waals surface area contributed by atoms with Gasteiger partial charge < -0.3 is 10.1 Å². The van der Waals surface area contributed by atoms with E-state index in [9.17, 15) is 0 Å². The lowest BCUT2D eigenvalue weighted by Crippen LogP contribution is -2.05. The molecule has 1 N–H and O–H groups in total. The molecule has 5 nitrogen and oxygen atoms in total. The molecule has 0 aliphatic rings. The molecule has 7 heteroatoms. The van der Waals surface area contributed by atoms with E-state index >= 15 is 0 Å². The summed E-state index contributed by atoms with van der Waals surface area (Å²) in [5.41, 5.74) is 0. The number of thiophene rings is 1. The second kappa shape index (κ2) is 6.55. The number of nitrogens with one attached hydrogen (secondary N) is 1. The fraction of sp³-hybridized carbons (Fsp3) is 0.364. The second-order valence-electron chi connectivity index (χ2n) is 3.36. The molecule has 18 heavy (non-hydrogen) atoms. The zero-order valence-corrected chi connectivity index (χ0v) is 11.8. The molecule has 2 rings (SSSR count). The van der Waals surface area contributed by atoms with Gasteiger partial charge in [-0.25, -0.2) is 0 Å². The molecule has 0 unspecified atom stereocenters. The van der Waals surface area contributed by atoms with Crippen LogP contribution >= 0.6 is 23.1 Å². The van der Waals surface area contributed by atoms with Crippen molar-refractivity contribution in [2.45, 2.75) is 22.7 Å². The molecule has 0 fully saturated rings. The van der Waals surface area contributed by atoms with Gasteiger partial charge in [0, 0.05) is 7.05 Å². The van der Waals surface area contributed by atoms with Gasteiger partial charge in [0.05, 0.1) is 10.8 Å². The lowest BCUT2D eigenvalue weighted by atomic mass is 10.5. The molecule has 96 valence electrons. The van der Waals surface area contributed by atoms with Crippen LogP contribution in [0.3, 0.4) is 0 Å². The van der Waals surface area contributed by atoms with Crippen molar-refractivity contribution in [1.29, 1.82) is 0 Å². The van der Waals surface area contributed by atoms with Crippen LogP contribution in [0.25, 0.3) is 0 Å². The Balaban J connectivity index is 2.17. The zero-order valence-electron chi connectivity index (χ0n) is 10.2. The number of hydrogen-bond donors (Lipinski definition) is 1. The average Bonchev–Trinajstić information content (AvgIpc) is 2.89. The highest BCUT2D eigenvalue weighted by atomic mass is 32.2. The van der Waals surface area contributed by atoms with Crippen molar-refractivity contribution in [3.05, 3.63) is 17.5 Å². The summed E-state index contributed by atoms with van der Waals surface area (Å²) in [5.74, 6) is 0.523. The van der Waals surface area contributed by atoms with Crippen molar-refractivity contribution >= 4 is 29.0 Å². The molecular weight excluding hydrogens is 268 g/mol. The van der Waals surface area contributed by atoms with Crippen LogP contribution in [0.2, 0.25) is 0 Å². The summed E-state index contributed by atoms with van der Waals surface area (Å²) in [5, 5.41) is 5.58. The number of ether oxygens (including phenoxy) is 1.